The number of benzene rings is 2. The second kappa shape index (κ2) is 10.6. The van der Waals surface area contributed by atoms with Crippen LogP contribution in [0.25, 0.3) is 11.2 Å². The highest BCUT2D eigenvalue weighted by Gasteiger charge is 2.15. The zero-order valence-electron chi connectivity index (χ0n) is 17.0. The van der Waals surface area contributed by atoms with E-state index in [9.17, 15) is 0 Å². The molecule has 0 spiro atoms. The van der Waals surface area contributed by atoms with Crippen molar-refractivity contribution >= 4 is 46.1 Å². The molecule has 4 rings (SSSR count). The first kappa shape index (κ1) is 21.5. The van der Waals surface area contributed by atoms with Crippen LogP contribution in [0.1, 0.15) is 11.1 Å². The number of hydrazine groups is 1. The van der Waals surface area contributed by atoms with E-state index < -0.39 is 0 Å². The van der Waals surface area contributed by atoms with Gasteiger partial charge >= 0.3 is 0 Å². The Morgan fingerprint density at radius 2 is 1.75 bits per heavy atom. The van der Waals surface area contributed by atoms with Gasteiger partial charge in [0.25, 0.3) is 0 Å². The lowest BCUT2D eigenvalue weighted by Crippen LogP contribution is -2.38. The maximum atomic E-state index is 5.41. The zero-order valence-corrected chi connectivity index (χ0v) is 18.7. The summed E-state index contributed by atoms with van der Waals surface area (Å²) in [5, 5.41) is 12.7. The van der Waals surface area contributed by atoms with Crippen molar-refractivity contribution in [1.29, 1.82) is 0 Å². The number of rotatable bonds is 8. The molecule has 0 aliphatic rings. The highest BCUT2D eigenvalue weighted by atomic mass is 32.2. The Bertz CT molecular complexity index is 1240. The van der Waals surface area contributed by atoms with E-state index in [2.05, 4.69) is 42.4 Å². The van der Waals surface area contributed by atoms with Crippen molar-refractivity contribution < 1.29 is 0 Å². The lowest BCUT2D eigenvalue weighted by molar-refractivity contribution is 0.661. The number of anilines is 1. The molecule has 8 nitrogen and oxygen atoms in total. The van der Waals surface area contributed by atoms with Crippen molar-refractivity contribution in [3.8, 4) is 12.3 Å². The molecule has 0 saturated heterocycles. The van der Waals surface area contributed by atoms with E-state index in [-0.39, 0.29) is 0 Å². The SMILES string of the molecule is C#CCSc1nc(NNC(=S)NCc2ccccc2)c2nnn(Cc3ccccc3)c2n1. The van der Waals surface area contributed by atoms with Gasteiger partial charge < -0.3 is 5.32 Å². The molecule has 2 heterocycles. The first-order valence-corrected chi connectivity index (χ1v) is 11.2. The Morgan fingerprint density at radius 1 is 1.03 bits per heavy atom. The molecule has 4 aromatic rings. The minimum atomic E-state index is 0.426. The number of fused-ring (bicyclic) bond motifs is 1. The van der Waals surface area contributed by atoms with Crippen LogP contribution in [0, 0.1) is 12.3 Å². The number of terminal acetylenes is 1. The minimum Gasteiger partial charge on any atom is -0.357 e. The van der Waals surface area contributed by atoms with Gasteiger partial charge in [-0.05, 0) is 23.3 Å². The van der Waals surface area contributed by atoms with Gasteiger partial charge in [-0.25, -0.2) is 14.6 Å². The van der Waals surface area contributed by atoms with Crippen LogP contribution in [0.4, 0.5) is 5.82 Å². The fourth-order valence-electron chi connectivity index (χ4n) is 2.90. The number of nitrogens with zero attached hydrogens (tertiary/aromatic N) is 5. The number of hydrogen-bond donors (Lipinski definition) is 3. The lowest BCUT2D eigenvalue weighted by atomic mass is 10.2. The monoisotopic (exact) mass is 460 g/mol. The van der Waals surface area contributed by atoms with Crippen molar-refractivity contribution in [2.75, 3.05) is 11.2 Å². The second-order valence-corrected chi connectivity index (χ2v) is 8.02. The highest BCUT2D eigenvalue weighted by Crippen LogP contribution is 2.22. The molecule has 160 valence electrons. The number of hydrogen-bond acceptors (Lipinski definition) is 7. The number of nitrogens with one attached hydrogen (secondary N) is 3. The van der Waals surface area contributed by atoms with Crippen LogP contribution in [0.5, 0.6) is 0 Å². The Labute approximate surface area is 195 Å². The molecule has 2 aromatic carbocycles. The van der Waals surface area contributed by atoms with Gasteiger partial charge in [0.15, 0.2) is 27.3 Å². The van der Waals surface area contributed by atoms with E-state index in [1.807, 2.05) is 60.7 Å². The molecule has 0 unspecified atom stereocenters. The van der Waals surface area contributed by atoms with Gasteiger partial charge in [0.05, 0.1) is 12.3 Å². The molecule has 0 fully saturated rings. The molecule has 10 heteroatoms. The molecular formula is C22H20N8S2. The predicted octanol–water partition coefficient (Wildman–Crippen LogP) is 2.99. The van der Waals surface area contributed by atoms with E-state index in [0.717, 1.165) is 11.1 Å². The summed E-state index contributed by atoms with van der Waals surface area (Å²) >= 11 is 6.73. The van der Waals surface area contributed by atoms with Crippen LogP contribution < -0.4 is 16.2 Å². The van der Waals surface area contributed by atoms with Crippen LogP contribution in [-0.2, 0) is 13.1 Å². The maximum absolute atomic E-state index is 5.41. The number of thiocarbonyl (C=S) groups is 1. The van der Waals surface area contributed by atoms with Crippen LogP contribution >= 0.6 is 24.0 Å². The third-order valence-corrected chi connectivity index (χ3v) is 5.39. The minimum absolute atomic E-state index is 0.426. The quantitative estimate of drug-likeness (QED) is 0.121. The largest absolute Gasteiger partial charge is 0.357 e. The molecule has 0 amide bonds. The third kappa shape index (κ3) is 5.51. The Morgan fingerprint density at radius 3 is 2.47 bits per heavy atom. The van der Waals surface area contributed by atoms with Gasteiger partial charge in [-0.15, -0.1) is 11.5 Å². The van der Waals surface area contributed by atoms with E-state index in [1.165, 1.54) is 11.8 Å². The molecule has 0 atom stereocenters. The lowest BCUT2D eigenvalue weighted by Gasteiger charge is -2.13. The molecule has 0 saturated carbocycles. The predicted molar refractivity (Wildman–Crippen MR) is 131 cm³/mol. The maximum Gasteiger partial charge on any atom is 0.192 e. The van der Waals surface area contributed by atoms with Gasteiger partial charge in [-0.1, -0.05) is 83.6 Å². The van der Waals surface area contributed by atoms with Crippen LogP contribution in [0.2, 0.25) is 0 Å². The summed E-state index contributed by atoms with van der Waals surface area (Å²) in [5.74, 6) is 3.52. The summed E-state index contributed by atoms with van der Waals surface area (Å²) < 4.78 is 1.74. The van der Waals surface area contributed by atoms with E-state index >= 15 is 0 Å². The highest BCUT2D eigenvalue weighted by molar-refractivity contribution is 7.99. The summed E-state index contributed by atoms with van der Waals surface area (Å²) in [7, 11) is 0. The summed E-state index contributed by atoms with van der Waals surface area (Å²) in [6.07, 6.45) is 5.41. The van der Waals surface area contributed by atoms with Crippen molar-refractivity contribution in [3.63, 3.8) is 0 Å². The molecule has 0 radical (unpaired) electrons. The Balaban J connectivity index is 1.51. The van der Waals surface area contributed by atoms with Crippen molar-refractivity contribution in [2.24, 2.45) is 0 Å². The molecule has 0 aliphatic carbocycles. The summed E-state index contributed by atoms with van der Waals surface area (Å²) in [6.45, 7) is 1.14. The second-order valence-electron chi connectivity index (χ2n) is 6.67. The molecular weight excluding hydrogens is 440 g/mol. The zero-order chi connectivity index (χ0) is 22.2. The van der Waals surface area contributed by atoms with Crippen LogP contribution in [-0.4, -0.2) is 35.8 Å². The Hall–Kier alpha value is -3.68. The molecule has 3 N–H and O–H groups in total. The van der Waals surface area contributed by atoms with Crippen molar-refractivity contribution in [3.05, 3.63) is 71.8 Å². The third-order valence-electron chi connectivity index (χ3n) is 4.39. The van der Waals surface area contributed by atoms with Gasteiger partial charge in [-0.3, -0.25) is 10.9 Å². The van der Waals surface area contributed by atoms with Crippen molar-refractivity contribution in [2.45, 2.75) is 18.2 Å². The Kier molecular flexibility index (Phi) is 7.12. The number of aromatic nitrogens is 5. The van der Waals surface area contributed by atoms with Crippen LogP contribution in [0.15, 0.2) is 65.8 Å². The smallest absolute Gasteiger partial charge is 0.192 e. The average Bonchev–Trinajstić information content (AvgIpc) is 3.24. The van der Waals surface area contributed by atoms with Gasteiger partial charge in [-0.2, -0.15) is 0 Å². The van der Waals surface area contributed by atoms with Crippen LogP contribution in [0.3, 0.4) is 0 Å². The first-order chi connectivity index (χ1) is 15.7. The fourth-order valence-corrected chi connectivity index (χ4v) is 3.54. The van der Waals surface area contributed by atoms with Crippen molar-refractivity contribution in [1.82, 2.24) is 35.7 Å². The topological polar surface area (TPSA) is 92.6 Å². The average molecular weight is 461 g/mol. The van der Waals surface area contributed by atoms with E-state index in [1.54, 1.807) is 4.68 Å². The van der Waals surface area contributed by atoms with Gasteiger partial charge in [0.1, 0.15) is 0 Å². The summed E-state index contributed by atoms with van der Waals surface area (Å²) in [4.78, 5) is 9.14. The normalized spacial score (nSPS) is 10.5. The first-order valence-electron chi connectivity index (χ1n) is 9.78. The fraction of sp³-hybridized carbons (Fsp3) is 0.136. The number of thioether (sulfide) groups is 1. The van der Waals surface area contributed by atoms with E-state index in [4.69, 9.17) is 18.6 Å². The molecule has 0 bridgehead atoms. The molecule has 0 aliphatic heterocycles. The van der Waals surface area contributed by atoms with Gasteiger partial charge in [0, 0.05) is 6.54 Å². The summed E-state index contributed by atoms with van der Waals surface area (Å²) in [5.41, 5.74) is 9.34. The molecule has 32 heavy (non-hydrogen) atoms. The molecule has 2 aromatic heterocycles. The van der Waals surface area contributed by atoms with Gasteiger partial charge in [0.2, 0.25) is 0 Å². The summed E-state index contributed by atoms with van der Waals surface area (Å²) in [6, 6.07) is 20.0. The standard InChI is InChI=1S/C22H20N8S2/c1-2-13-32-22-24-19(27-28-21(31)23-14-16-9-5-3-6-10-16)18-20(25-22)30(29-26-18)15-17-11-7-4-8-12-17/h1,3-12H,13-15H2,(H2,23,28,31)(H,24,25,27). The van der Waals surface area contributed by atoms with E-state index in [0.29, 0.717) is 46.1 Å².